The average Bonchev–Trinajstić information content (AvgIpc) is 2.53. The van der Waals surface area contributed by atoms with Crippen molar-refractivity contribution in [2.75, 3.05) is 13.2 Å². The second-order valence-electron chi connectivity index (χ2n) is 5.20. The highest BCUT2D eigenvalue weighted by molar-refractivity contribution is 5.20. The molecule has 0 saturated heterocycles. The lowest BCUT2D eigenvalue weighted by molar-refractivity contribution is 0.243. The van der Waals surface area contributed by atoms with Crippen LogP contribution >= 0.6 is 0 Å². The van der Waals surface area contributed by atoms with Crippen molar-refractivity contribution in [3.8, 4) is 0 Å². The minimum absolute atomic E-state index is 0.0270. The Morgan fingerprint density at radius 2 is 1.45 bits per heavy atom. The Morgan fingerprint density at radius 1 is 0.900 bits per heavy atom. The number of benzene rings is 2. The highest BCUT2D eigenvalue weighted by atomic mass is 16.3. The van der Waals surface area contributed by atoms with Gasteiger partial charge in [0.2, 0.25) is 0 Å². The lowest BCUT2D eigenvalue weighted by atomic mass is 9.97. The summed E-state index contributed by atoms with van der Waals surface area (Å²) >= 11 is 0. The van der Waals surface area contributed by atoms with Crippen molar-refractivity contribution in [1.29, 1.82) is 0 Å². The molecular formula is C18H23NO. The quantitative estimate of drug-likeness (QED) is 0.806. The van der Waals surface area contributed by atoms with Gasteiger partial charge in [-0.05, 0) is 30.0 Å². The molecule has 2 aromatic rings. The third kappa shape index (κ3) is 4.19. The van der Waals surface area contributed by atoms with Crippen LogP contribution in [0.15, 0.2) is 60.7 Å². The standard InChI is InChI=1S/C18H23NO/c1-15(16-8-4-2-5-9-16)12-13-19-18(14-20)17-10-6-3-7-11-17/h2-11,15,18-20H,12-14H2,1H3/t15?,18-/m1/s1. The van der Waals surface area contributed by atoms with Crippen LogP contribution < -0.4 is 5.32 Å². The fourth-order valence-electron chi connectivity index (χ4n) is 2.40. The molecule has 0 heterocycles. The van der Waals surface area contributed by atoms with Gasteiger partial charge in [0.05, 0.1) is 12.6 Å². The fraction of sp³-hybridized carbons (Fsp3) is 0.333. The molecule has 0 fully saturated rings. The first-order chi connectivity index (χ1) is 9.81. The van der Waals surface area contributed by atoms with Gasteiger partial charge in [0, 0.05) is 0 Å². The number of nitrogens with one attached hydrogen (secondary N) is 1. The summed E-state index contributed by atoms with van der Waals surface area (Å²) in [5.41, 5.74) is 2.51. The smallest absolute Gasteiger partial charge is 0.0626 e. The number of rotatable bonds is 7. The topological polar surface area (TPSA) is 32.3 Å². The predicted octanol–water partition coefficient (Wildman–Crippen LogP) is 3.50. The molecular weight excluding hydrogens is 246 g/mol. The number of hydrogen-bond acceptors (Lipinski definition) is 2. The molecule has 2 aromatic carbocycles. The van der Waals surface area contributed by atoms with Gasteiger partial charge in [0.25, 0.3) is 0 Å². The minimum Gasteiger partial charge on any atom is -0.394 e. The molecule has 2 N–H and O–H groups in total. The lowest BCUT2D eigenvalue weighted by Gasteiger charge is -2.18. The van der Waals surface area contributed by atoms with Crippen molar-refractivity contribution < 1.29 is 5.11 Å². The maximum absolute atomic E-state index is 9.50. The van der Waals surface area contributed by atoms with E-state index < -0.39 is 0 Å². The van der Waals surface area contributed by atoms with E-state index in [2.05, 4.69) is 48.6 Å². The zero-order valence-corrected chi connectivity index (χ0v) is 12.0. The molecule has 2 rings (SSSR count). The minimum atomic E-state index is 0.0270. The maximum atomic E-state index is 9.50. The Bertz CT molecular complexity index is 483. The summed E-state index contributed by atoms with van der Waals surface area (Å²) in [5.74, 6) is 0.527. The second kappa shape index (κ2) is 7.83. The summed E-state index contributed by atoms with van der Waals surface area (Å²) in [7, 11) is 0. The van der Waals surface area contributed by atoms with Crippen molar-refractivity contribution >= 4 is 0 Å². The second-order valence-corrected chi connectivity index (χ2v) is 5.20. The average molecular weight is 269 g/mol. The van der Waals surface area contributed by atoms with Crippen LogP contribution in [0.4, 0.5) is 0 Å². The van der Waals surface area contributed by atoms with E-state index in [1.807, 2.05) is 24.3 Å². The zero-order valence-electron chi connectivity index (χ0n) is 12.0. The Labute approximate surface area is 121 Å². The zero-order chi connectivity index (χ0) is 14.2. The van der Waals surface area contributed by atoms with Crippen LogP contribution in [0, 0.1) is 0 Å². The van der Waals surface area contributed by atoms with Gasteiger partial charge in [-0.15, -0.1) is 0 Å². The molecule has 2 atom stereocenters. The highest BCUT2D eigenvalue weighted by Crippen LogP contribution is 2.18. The first-order valence-corrected chi connectivity index (χ1v) is 7.25. The molecule has 2 heteroatoms. The van der Waals surface area contributed by atoms with E-state index in [0.717, 1.165) is 18.5 Å². The van der Waals surface area contributed by atoms with Gasteiger partial charge in [-0.25, -0.2) is 0 Å². The molecule has 0 aliphatic heterocycles. The maximum Gasteiger partial charge on any atom is 0.0626 e. The van der Waals surface area contributed by atoms with Gasteiger partial charge in [0.1, 0.15) is 0 Å². The van der Waals surface area contributed by atoms with Gasteiger partial charge in [-0.1, -0.05) is 67.6 Å². The van der Waals surface area contributed by atoms with E-state index in [1.165, 1.54) is 5.56 Å². The first-order valence-electron chi connectivity index (χ1n) is 7.25. The third-order valence-electron chi connectivity index (χ3n) is 3.72. The summed E-state index contributed by atoms with van der Waals surface area (Å²) in [6, 6.07) is 20.7. The van der Waals surface area contributed by atoms with E-state index in [0.29, 0.717) is 5.92 Å². The first kappa shape index (κ1) is 14.8. The van der Waals surface area contributed by atoms with E-state index >= 15 is 0 Å². The summed E-state index contributed by atoms with van der Waals surface area (Å²) in [6.45, 7) is 3.27. The molecule has 0 radical (unpaired) electrons. The fourth-order valence-corrected chi connectivity index (χ4v) is 2.40. The number of aliphatic hydroxyl groups is 1. The Morgan fingerprint density at radius 3 is 2.00 bits per heavy atom. The number of aliphatic hydroxyl groups excluding tert-OH is 1. The summed E-state index contributed by atoms with van der Waals surface area (Å²) < 4.78 is 0. The van der Waals surface area contributed by atoms with E-state index in [9.17, 15) is 5.11 Å². The van der Waals surface area contributed by atoms with Gasteiger partial charge in [-0.2, -0.15) is 0 Å². The van der Waals surface area contributed by atoms with Gasteiger partial charge < -0.3 is 10.4 Å². The SMILES string of the molecule is CC(CCN[C@H](CO)c1ccccc1)c1ccccc1. The molecule has 20 heavy (non-hydrogen) atoms. The molecule has 0 aliphatic rings. The van der Waals surface area contributed by atoms with Crippen molar-refractivity contribution in [3.63, 3.8) is 0 Å². The van der Waals surface area contributed by atoms with Crippen molar-refractivity contribution in [2.45, 2.75) is 25.3 Å². The highest BCUT2D eigenvalue weighted by Gasteiger charge is 2.10. The molecule has 106 valence electrons. The normalized spacial score (nSPS) is 13.9. The van der Waals surface area contributed by atoms with Crippen LogP contribution in [0.25, 0.3) is 0 Å². The van der Waals surface area contributed by atoms with E-state index in [1.54, 1.807) is 0 Å². The lowest BCUT2D eigenvalue weighted by Crippen LogP contribution is -2.26. The molecule has 0 bridgehead atoms. The molecule has 2 nitrogen and oxygen atoms in total. The van der Waals surface area contributed by atoms with Crippen LogP contribution in [0.2, 0.25) is 0 Å². The van der Waals surface area contributed by atoms with Crippen molar-refractivity contribution in [1.82, 2.24) is 5.32 Å². The van der Waals surface area contributed by atoms with Crippen molar-refractivity contribution in [3.05, 3.63) is 71.8 Å². The molecule has 0 saturated carbocycles. The number of hydrogen-bond donors (Lipinski definition) is 2. The monoisotopic (exact) mass is 269 g/mol. The van der Waals surface area contributed by atoms with Crippen LogP contribution in [0.1, 0.15) is 36.4 Å². The molecule has 0 amide bonds. The Hall–Kier alpha value is -1.64. The van der Waals surface area contributed by atoms with E-state index in [-0.39, 0.29) is 12.6 Å². The van der Waals surface area contributed by atoms with Crippen LogP contribution in [0.3, 0.4) is 0 Å². The Balaban J connectivity index is 1.83. The largest absolute Gasteiger partial charge is 0.394 e. The Kier molecular flexibility index (Phi) is 5.78. The predicted molar refractivity (Wildman–Crippen MR) is 83.7 cm³/mol. The van der Waals surface area contributed by atoms with Gasteiger partial charge in [0.15, 0.2) is 0 Å². The third-order valence-corrected chi connectivity index (χ3v) is 3.72. The molecule has 1 unspecified atom stereocenters. The van der Waals surface area contributed by atoms with E-state index in [4.69, 9.17) is 0 Å². The van der Waals surface area contributed by atoms with Gasteiger partial charge in [-0.3, -0.25) is 0 Å². The van der Waals surface area contributed by atoms with Crippen LogP contribution in [-0.2, 0) is 0 Å². The van der Waals surface area contributed by atoms with Crippen LogP contribution in [0.5, 0.6) is 0 Å². The molecule has 0 aliphatic carbocycles. The van der Waals surface area contributed by atoms with Crippen molar-refractivity contribution in [2.24, 2.45) is 0 Å². The summed E-state index contributed by atoms with van der Waals surface area (Å²) in [4.78, 5) is 0. The summed E-state index contributed by atoms with van der Waals surface area (Å²) in [5, 5.41) is 12.9. The molecule has 0 spiro atoms. The summed E-state index contributed by atoms with van der Waals surface area (Å²) in [6.07, 6.45) is 1.06. The molecule has 0 aromatic heterocycles. The van der Waals surface area contributed by atoms with Gasteiger partial charge >= 0.3 is 0 Å². The van der Waals surface area contributed by atoms with Crippen LogP contribution in [-0.4, -0.2) is 18.3 Å².